The van der Waals surface area contributed by atoms with E-state index >= 15 is 0 Å². The fourth-order valence-corrected chi connectivity index (χ4v) is 2.35. The minimum absolute atomic E-state index is 0.0537. The van der Waals surface area contributed by atoms with Crippen molar-refractivity contribution in [3.8, 4) is 0 Å². The standard InChI is InChI=1S/C9H8N2OS2/c1-6-5-11-9(14-6)7(12)4-8-10-2-3-13-8/h2-3,5H,4H2,1H3. The third-order valence-electron chi connectivity index (χ3n) is 1.66. The quantitative estimate of drug-likeness (QED) is 0.751. The molecule has 72 valence electrons. The van der Waals surface area contributed by atoms with Crippen molar-refractivity contribution in [2.24, 2.45) is 0 Å². The van der Waals surface area contributed by atoms with Gasteiger partial charge in [0.2, 0.25) is 0 Å². The van der Waals surface area contributed by atoms with Gasteiger partial charge in [0.15, 0.2) is 10.8 Å². The molecule has 0 atom stereocenters. The Bertz CT molecular complexity index is 433. The molecule has 0 spiro atoms. The molecule has 0 amide bonds. The smallest absolute Gasteiger partial charge is 0.198 e. The second kappa shape index (κ2) is 3.98. The Morgan fingerprint density at radius 3 is 2.93 bits per heavy atom. The number of rotatable bonds is 3. The Labute approximate surface area is 89.5 Å². The summed E-state index contributed by atoms with van der Waals surface area (Å²) in [6.07, 6.45) is 3.80. The van der Waals surface area contributed by atoms with Crippen LogP contribution in [-0.4, -0.2) is 15.8 Å². The highest BCUT2D eigenvalue weighted by molar-refractivity contribution is 7.13. The maximum Gasteiger partial charge on any atom is 0.198 e. The summed E-state index contributed by atoms with van der Waals surface area (Å²) in [4.78, 5) is 20.8. The summed E-state index contributed by atoms with van der Waals surface area (Å²) in [6, 6.07) is 0. The van der Waals surface area contributed by atoms with E-state index in [1.807, 2.05) is 12.3 Å². The zero-order valence-corrected chi connectivity index (χ0v) is 9.19. The van der Waals surface area contributed by atoms with E-state index < -0.39 is 0 Å². The minimum atomic E-state index is 0.0537. The zero-order chi connectivity index (χ0) is 9.97. The molecule has 0 bridgehead atoms. The molecular weight excluding hydrogens is 216 g/mol. The molecule has 5 heteroatoms. The van der Waals surface area contributed by atoms with E-state index in [0.717, 1.165) is 9.88 Å². The van der Waals surface area contributed by atoms with Crippen LogP contribution in [0.2, 0.25) is 0 Å². The normalized spacial score (nSPS) is 10.4. The van der Waals surface area contributed by atoms with E-state index in [9.17, 15) is 4.79 Å². The predicted octanol–water partition coefficient (Wildman–Crippen LogP) is 2.33. The lowest BCUT2D eigenvalue weighted by atomic mass is 10.3. The van der Waals surface area contributed by atoms with Crippen molar-refractivity contribution >= 4 is 28.5 Å². The van der Waals surface area contributed by atoms with Crippen molar-refractivity contribution in [3.05, 3.63) is 32.7 Å². The predicted molar refractivity (Wildman–Crippen MR) is 57.0 cm³/mol. The second-order valence-corrected chi connectivity index (χ2v) is 5.02. The first-order chi connectivity index (χ1) is 6.75. The summed E-state index contributed by atoms with van der Waals surface area (Å²) >= 11 is 2.93. The molecule has 0 aliphatic rings. The van der Waals surface area contributed by atoms with Crippen LogP contribution < -0.4 is 0 Å². The van der Waals surface area contributed by atoms with E-state index in [1.165, 1.54) is 22.7 Å². The number of aryl methyl sites for hydroxylation is 1. The first kappa shape index (κ1) is 9.48. The van der Waals surface area contributed by atoms with E-state index in [2.05, 4.69) is 9.97 Å². The van der Waals surface area contributed by atoms with Gasteiger partial charge in [0.05, 0.1) is 6.42 Å². The first-order valence-electron chi connectivity index (χ1n) is 4.09. The van der Waals surface area contributed by atoms with E-state index in [1.54, 1.807) is 12.4 Å². The number of ketones is 1. The van der Waals surface area contributed by atoms with Gasteiger partial charge in [0.1, 0.15) is 5.01 Å². The molecule has 14 heavy (non-hydrogen) atoms. The summed E-state index contributed by atoms with van der Waals surface area (Å²) in [5.41, 5.74) is 0. The van der Waals surface area contributed by atoms with Gasteiger partial charge in [-0.15, -0.1) is 22.7 Å². The van der Waals surface area contributed by atoms with E-state index in [4.69, 9.17) is 0 Å². The fourth-order valence-electron chi connectivity index (χ4n) is 1.04. The molecule has 2 aromatic rings. The summed E-state index contributed by atoms with van der Waals surface area (Å²) in [5, 5.41) is 3.30. The molecule has 2 rings (SSSR count). The summed E-state index contributed by atoms with van der Waals surface area (Å²) in [7, 11) is 0. The average molecular weight is 224 g/mol. The molecule has 0 unspecified atom stereocenters. The highest BCUT2D eigenvalue weighted by Gasteiger charge is 2.11. The van der Waals surface area contributed by atoms with Crippen LogP contribution in [0.4, 0.5) is 0 Å². The molecule has 0 aliphatic carbocycles. The highest BCUT2D eigenvalue weighted by Crippen LogP contribution is 2.15. The van der Waals surface area contributed by atoms with Crippen LogP contribution in [-0.2, 0) is 6.42 Å². The van der Waals surface area contributed by atoms with Crippen molar-refractivity contribution in [2.75, 3.05) is 0 Å². The summed E-state index contributed by atoms with van der Waals surface area (Å²) in [6.45, 7) is 1.94. The Morgan fingerprint density at radius 2 is 2.36 bits per heavy atom. The van der Waals surface area contributed by atoms with Gasteiger partial charge in [-0.25, -0.2) is 9.97 Å². The van der Waals surface area contributed by atoms with E-state index in [0.29, 0.717) is 11.4 Å². The number of carbonyl (C=O) groups excluding carboxylic acids is 1. The lowest BCUT2D eigenvalue weighted by Gasteiger charge is -1.91. The summed E-state index contributed by atoms with van der Waals surface area (Å²) < 4.78 is 0. The molecule has 0 N–H and O–H groups in total. The van der Waals surface area contributed by atoms with Gasteiger partial charge in [-0.2, -0.15) is 0 Å². The van der Waals surface area contributed by atoms with Crippen LogP contribution in [0.5, 0.6) is 0 Å². The topological polar surface area (TPSA) is 42.9 Å². The van der Waals surface area contributed by atoms with Gasteiger partial charge in [0, 0.05) is 22.7 Å². The average Bonchev–Trinajstić information content (AvgIpc) is 2.75. The molecule has 2 heterocycles. The summed E-state index contributed by atoms with van der Waals surface area (Å²) in [5.74, 6) is 0.0537. The monoisotopic (exact) mass is 224 g/mol. The molecule has 0 saturated carbocycles. The Kier molecular flexibility index (Phi) is 2.69. The largest absolute Gasteiger partial charge is 0.291 e. The van der Waals surface area contributed by atoms with Crippen LogP contribution in [0.15, 0.2) is 17.8 Å². The van der Waals surface area contributed by atoms with Gasteiger partial charge in [-0.05, 0) is 6.92 Å². The molecule has 0 aliphatic heterocycles. The number of hydrogen-bond acceptors (Lipinski definition) is 5. The molecule has 0 saturated heterocycles. The van der Waals surface area contributed by atoms with Crippen molar-refractivity contribution < 1.29 is 4.79 Å². The van der Waals surface area contributed by atoms with Gasteiger partial charge in [-0.3, -0.25) is 4.79 Å². The minimum Gasteiger partial charge on any atom is -0.291 e. The maximum atomic E-state index is 11.6. The van der Waals surface area contributed by atoms with Crippen LogP contribution in [0.25, 0.3) is 0 Å². The van der Waals surface area contributed by atoms with Gasteiger partial charge in [0.25, 0.3) is 0 Å². The van der Waals surface area contributed by atoms with Crippen LogP contribution in [0.3, 0.4) is 0 Å². The fraction of sp³-hybridized carbons (Fsp3) is 0.222. The first-order valence-corrected chi connectivity index (χ1v) is 5.79. The van der Waals surface area contributed by atoms with Crippen molar-refractivity contribution in [2.45, 2.75) is 13.3 Å². The number of hydrogen-bond donors (Lipinski definition) is 0. The van der Waals surface area contributed by atoms with Gasteiger partial charge >= 0.3 is 0 Å². The van der Waals surface area contributed by atoms with Crippen LogP contribution >= 0.6 is 22.7 Å². The lowest BCUT2D eigenvalue weighted by Crippen LogP contribution is -2.01. The van der Waals surface area contributed by atoms with Crippen LogP contribution in [0.1, 0.15) is 19.7 Å². The Morgan fingerprint density at radius 1 is 1.50 bits per heavy atom. The molecule has 2 aromatic heterocycles. The van der Waals surface area contributed by atoms with Crippen LogP contribution in [0, 0.1) is 6.92 Å². The van der Waals surface area contributed by atoms with Crippen molar-refractivity contribution in [1.82, 2.24) is 9.97 Å². The van der Waals surface area contributed by atoms with E-state index in [-0.39, 0.29) is 5.78 Å². The Balaban J connectivity index is 2.10. The zero-order valence-electron chi connectivity index (χ0n) is 7.56. The van der Waals surface area contributed by atoms with Gasteiger partial charge in [-0.1, -0.05) is 0 Å². The third-order valence-corrected chi connectivity index (χ3v) is 3.39. The van der Waals surface area contributed by atoms with Crippen molar-refractivity contribution in [1.29, 1.82) is 0 Å². The number of thiazole rings is 2. The number of aromatic nitrogens is 2. The highest BCUT2D eigenvalue weighted by atomic mass is 32.1. The maximum absolute atomic E-state index is 11.6. The van der Waals surface area contributed by atoms with Gasteiger partial charge < -0.3 is 0 Å². The SMILES string of the molecule is Cc1cnc(C(=O)Cc2nccs2)s1. The Hall–Kier alpha value is -1.07. The molecule has 3 nitrogen and oxygen atoms in total. The molecule has 0 fully saturated rings. The van der Waals surface area contributed by atoms with Crippen molar-refractivity contribution in [3.63, 3.8) is 0 Å². The lowest BCUT2D eigenvalue weighted by molar-refractivity contribution is 0.0992. The molecular formula is C9H8N2OS2. The second-order valence-electron chi connectivity index (χ2n) is 2.80. The number of carbonyl (C=O) groups is 1. The molecule has 0 radical (unpaired) electrons. The molecule has 0 aromatic carbocycles. The number of Topliss-reactive ketones (excluding diaryl/α,β-unsaturated/α-hetero) is 1. The third kappa shape index (κ3) is 2.05. The number of nitrogens with zero attached hydrogens (tertiary/aromatic N) is 2.